The number of amides is 1. The topological polar surface area (TPSA) is 49.3 Å². The SMILES string of the molecule is CC(NC(=O)CO)c1ccc(F)cc1. The van der Waals surface area contributed by atoms with E-state index in [-0.39, 0.29) is 11.9 Å². The zero-order valence-electron chi connectivity index (χ0n) is 7.83. The second-order valence-corrected chi connectivity index (χ2v) is 3.00. The molecule has 14 heavy (non-hydrogen) atoms. The minimum Gasteiger partial charge on any atom is -0.387 e. The smallest absolute Gasteiger partial charge is 0.246 e. The van der Waals surface area contributed by atoms with Crippen LogP contribution in [-0.2, 0) is 4.79 Å². The van der Waals surface area contributed by atoms with Gasteiger partial charge in [-0.1, -0.05) is 12.1 Å². The molecule has 0 fully saturated rings. The van der Waals surface area contributed by atoms with Gasteiger partial charge >= 0.3 is 0 Å². The fourth-order valence-electron chi connectivity index (χ4n) is 1.12. The number of halogens is 1. The van der Waals surface area contributed by atoms with Crippen LogP contribution in [0.5, 0.6) is 0 Å². The molecule has 0 spiro atoms. The quantitative estimate of drug-likeness (QED) is 0.759. The Morgan fingerprint density at radius 2 is 2.07 bits per heavy atom. The van der Waals surface area contributed by atoms with Gasteiger partial charge in [-0.05, 0) is 24.6 Å². The number of hydrogen-bond acceptors (Lipinski definition) is 2. The van der Waals surface area contributed by atoms with E-state index in [1.807, 2.05) is 0 Å². The number of aliphatic hydroxyl groups is 1. The van der Waals surface area contributed by atoms with E-state index >= 15 is 0 Å². The van der Waals surface area contributed by atoms with Crippen molar-refractivity contribution in [1.82, 2.24) is 5.32 Å². The number of carbonyl (C=O) groups is 1. The average Bonchev–Trinajstić information content (AvgIpc) is 2.18. The largest absolute Gasteiger partial charge is 0.387 e. The molecular weight excluding hydrogens is 185 g/mol. The molecule has 1 aromatic carbocycles. The van der Waals surface area contributed by atoms with Crippen LogP contribution in [0, 0.1) is 5.82 Å². The van der Waals surface area contributed by atoms with Crippen LogP contribution in [0.15, 0.2) is 24.3 Å². The molecule has 0 bridgehead atoms. The van der Waals surface area contributed by atoms with E-state index in [9.17, 15) is 9.18 Å². The summed E-state index contributed by atoms with van der Waals surface area (Å²) in [7, 11) is 0. The van der Waals surface area contributed by atoms with E-state index < -0.39 is 12.5 Å². The molecule has 0 radical (unpaired) electrons. The highest BCUT2D eigenvalue weighted by molar-refractivity contribution is 5.77. The molecule has 0 aliphatic heterocycles. The van der Waals surface area contributed by atoms with Gasteiger partial charge < -0.3 is 10.4 Å². The van der Waals surface area contributed by atoms with Gasteiger partial charge in [0, 0.05) is 0 Å². The Hall–Kier alpha value is -1.42. The minimum absolute atomic E-state index is 0.227. The molecule has 0 aliphatic rings. The third-order valence-corrected chi connectivity index (χ3v) is 1.89. The molecule has 0 heterocycles. The standard InChI is InChI=1S/C10H12FNO2/c1-7(12-10(14)6-13)8-2-4-9(11)5-3-8/h2-5,7,13H,6H2,1H3,(H,12,14). The van der Waals surface area contributed by atoms with Crippen LogP contribution in [0.25, 0.3) is 0 Å². The Morgan fingerprint density at radius 1 is 1.50 bits per heavy atom. The molecular formula is C10H12FNO2. The summed E-state index contributed by atoms with van der Waals surface area (Å²) in [5.41, 5.74) is 0.799. The fraction of sp³-hybridized carbons (Fsp3) is 0.300. The normalized spacial score (nSPS) is 12.2. The van der Waals surface area contributed by atoms with E-state index in [2.05, 4.69) is 5.32 Å². The van der Waals surface area contributed by atoms with Gasteiger partial charge in [-0.15, -0.1) is 0 Å². The van der Waals surface area contributed by atoms with E-state index in [0.717, 1.165) is 5.56 Å². The third kappa shape index (κ3) is 2.81. The highest BCUT2D eigenvalue weighted by Gasteiger charge is 2.07. The minimum atomic E-state index is -0.536. The van der Waals surface area contributed by atoms with E-state index in [0.29, 0.717) is 0 Å². The summed E-state index contributed by atoms with van der Waals surface area (Å²) in [5.74, 6) is -0.753. The fourth-order valence-corrected chi connectivity index (χ4v) is 1.12. The lowest BCUT2D eigenvalue weighted by Gasteiger charge is -2.12. The van der Waals surface area contributed by atoms with Crippen molar-refractivity contribution in [2.24, 2.45) is 0 Å². The first-order chi connectivity index (χ1) is 6.63. The Bertz CT molecular complexity index is 310. The van der Waals surface area contributed by atoms with Crippen LogP contribution in [0.1, 0.15) is 18.5 Å². The zero-order chi connectivity index (χ0) is 10.6. The van der Waals surface area contributed by atoms with Gasteiger partial charge in [-0.3, -0.25) is 4.79 Å². The number of hydrogen-bond donors (Lipinski definition) is 2. The van der Waals surface area contributed by atoms with Crippen LogP contribution in [0.4, 0.5) is 4.39 Å². The Balaban J connectivity index is 2.65. The van der Waals surface area contributed by atoms with Gasteiger partial charge in [-0.25, -0.2) is 4.39 Å². The monoisotopic (exact) mass is 197 g/mol. The molecule has 0 saturated carbocycles. The van der Waals surface area contributed by atoms with Crippen molar-refractivity contribution in [3.63, 3.8) is 0 Å². The van der Waals surface area contributed by atoms with Gasteiger partial charge in [-0.2, -0.15) is 0 Å². The zero-order valence-corrected chi connectivity index (χ0v) is 7.83. The van der Waals surface area contributed by atoms with Crippen molar-refractivity contribution < 1.29 is 14.3 Å². The van der Waals surface area contributed by atoms with Crippen molar-refractivity contribution in [2.45, 2.75) is 13.0 Å². The predicted octanol–water partition coefficient (Wildman–Crippen LogP) is 0.995. The second kappa shape index (κ2) is 4.72. The van der Waals surface area contributed by atoms with Crippen molar-refractivity contribution in [3.8, 4) is 0 Å². The maximum Gasteiger partial charge on any atom is 0.246 e. The molecule has 1 unspecified atom stereocenters. The first-order valence-corrected chi connectivity index (χ1v) is 4.29. The van der Waals surface area contributed by atoms with Crippen LogP contribution in [-0.4, -0.2) is 17.6 Å². The highest BCUT2D eigenvalue weighted by Crippen LogP contribution is 2.12. The molecule has 3 nitrogen and oxygen atoms in total. The summed E-state index contributed by atoms with van der Waals surface area (Å²) >= 11 is 0. The van der Waals surface area contributed by atoms with Crippen molar-refractivity contribution in [1.29, 1.82) is 0 Å². The maximum absolute atomic E-state index is 12.6. The van der Waals surface area contributed by atoms with Gasteiger partial charge in [0.25, 0.3) is 0 Å². The third-order valence-electron chi connectivity index (χ3n) is 1.89. The molecule has 1 rings (SSSR count). The van der Waals surface area contributed by atoms with Crippen molar-refractivity contribution >= 4 is 5.91 Å². The molecule has 1 amide bonds. The van der Waals surface area contributed by atoms with Crippen LogP contribution in [0.3, 0.4) is 0 Å². The summed E-state index contributed by atoms with van der Waals surface area (Å²) in [4.78, 5) is 10.8. The summed E-state index contributed by atoms with van der Waals surface area (Å²) in [6, 6.07) is 5.62. The highest BCUT2D eigenvalue weighted by atomic mass is 19.1. The number of carbonyl (C=O) groups excluding carboxylic acids is 1. The summed E-state index contributed by atoms with van der Waals surface area (Å²) in [6.45, 7) is 1.23. The summed E-state index contributed by atoms with van der Waals surface area (Å²) < 4.78 is 12.6. The first-order valence-electron chi connectivity index (χ1n) is 4.29. The molecule has 1 atom stereocenters. The maximum atomic E-state index is 12.6. The van der Waals surface area contributed by atoms with Crippen LogP contribution in [0.2, 0.25) is 0 Å². The Morgan fingerprint density at radius 3 is 2.57 bits per heavy atom. The van der Waals surface area contributed by atoms with Crippen LogP contribution < -0.4 is 5.32 Å². The van der Waals surface area contributed by atoms with Gasteiger partial charge in [0.1, 0.15) is 12.4 Å². The van der Waals surface area contributed by atoms with Gasteiger partial charge in [0.2, 0.25) is 5.91 Å². The molecule has 0 aliphatic carbocycles. The Labute approximate surface area is 81.6 Å². The number of aliphatic hydroxyl groups excluding tert-OH is 1. The average molecular weight is 197 g/mol. The molecule has 1 aromatic rings. The molecule has 76 valence electrons. The van der Waals surface area contributed by atoms with Crippen LogP contribution >= 0.6 is 0 Å². The summed E-state index contributed by atoms with van der Waals surface area (Å²) in [5, 5.41) is 11.1. The number of nitrogens with one attached hydrogen (secondary N) is 1. The van der Waals surface area contributed by atoms with Crippen molar-refractivity contribution in [3.05, 3.63) is 35.6 Å². The molecule has 0 aromatic heterocycles. The molecule has 4 heteroatoms. The molecule has 0 saturated heterocycles. The van der Waals surface area contributed by atoms with Gasteiger partial charge in [0.15, 0.2) is 0 Å². The van der Waals surface area contributed by atoms with Crippen molar-refractivity contribution in [2.75, 3.05) is 6.61 Å². The van der Waals surface area contributed by atoms with Gasteiger partial charge in [0.05, 0.1) is 6.04 Å². The number of rotatable bonds is 3. The second-order valence-electron chi connectivity index (χ2n) is 3.00. The lowest BCUT2D eigenvalue weighted by molar-refractivity contribution is -0.124. The molecule has 2 N–H and O–H groups in total. The van der Waals surface area contributed by atoms with E-state index in [1.54, 1.807) is 19.1 Å². The predicted molar refractivity (Wildman–Crippen MR) is 50.0 cm³/mol. The first kappa shape index (κ1) is 10.7. The Kier molecular flexibility index (Phi) is 3.59. The van der Waals surface area contributed by atoms with E-state index in [1.165, 1.54) is 12.1 Å². The number of benzene rings is 1. The lowest BCUT2D eigenvalue weighted by atomic mass is 10.1. The summed E-state index contributed by atoms with van der Waals surface area (Å²) in [6.07, 6.45) is 0. The van der Waals surface area contributed by atoms with E-state index in [4.69, 9.17) is 5.11 Å². The lowest BCUT2D eigenvalue weighted by Crippen LogP contribution is -2.28.